The predicted octanol–water partition coefficient (Wildman–Crippen LogP) is 5.63. The Morgan fingerprint density at radius 3 is 2.03 bits per heavy atom. The van der Waals surface area contributed by atoms with Gasteiger partial charge in [0.25, 0.3) is 5.88 Å². The van der Waals surface area contributed by atoms with Crippen LogP contribution in [0.1, 0.15) is 77.1 Å². The molecule has 0 unspecified atom stereocenters. The minimum atomic E-state index is -0.415. The second kappa shape index (κ2) is 26.9. The lowest BCUT2D eigenvalue weighted by molar-refractivity contribution is -0.0852. The van der Waals surface area contributed by atoms with Crippen LogP contribution in [0.25, 0.3) is 11.1 Å². The van der Waals surface area contributed by atoms with Gasteiger partial charge in [-0.3, -0.25) is 9.58 Å². The number of rotatable bonds is 29. The zero-order valence-electron chi connectivity index (χ0n) is 37.8. The van der Waals surface area contributed by atoms with Crippen LogP contribution >= 0.6 is 0 Å². The molecule has 1 aromatic carbocycles. The molecule has 1 N–H and O–H groups in total. The molecule has 2 aliphatic rings. The number of nitriles is 1. The summed E-state index contributed by atoms with van der Waals surface area (Å²) in [6, 6.07) is 8.43. The Bertz CT molecular complexity index is 1930. The molecule has 3 atom stereocenters. The van der Waals surface area contributed by atoms with E-state index in [9.17, 15) is 5.26 Å². The molecule has 1 saturated heterocycles. The summed E-state index contributed by atoms with van der Waals surface area (Å²) in [6.45, 7) is 14.4. The molecule has 0 bridgehead atoms. The maximum absolute atomic E-state index is 9.80. The highest BCUT2D eigenvalue weighted by molar-refractivity contribution is 5.67. The van der Waals surface area contributed by atoms with Gasteiger partial charge in [0.15, 0.2) is 6.23 Å². The number of benzene rings is 1. The lowest BCUT2D eigenvalue weighted by atomic mass is 9.89. The van der Waals surface area contributed by atoms with Gasteiger partial charge in [-0.1, -0.05) is 13.0 Å². The molecule has 64 heavy (non-hydrogen) atoms. The van der Waals surface area contributed by atoms with Crippen LogP contribution in [0.3, 0.4) is 0 Å². The van der Waals surface area contributed by atoms with Gasteiger partial charge in [0.2, 0.25) is 5.95 Å². The lowest BCUT2D eigenvalue weighted by Gasteiger charge is -2.42. The smallest absolute Gasteiger partial charge is 0.256 e. The van der Waals surface area contributed by atoms with Crippen molar-refractivity contribution < 1.29 is 42.6 Å². The van der Waals surface area contributed by atoms with E-state index < -0.39 is 6.23 Å². The normalized spacial score (nSPS) is 19.6. The number of nitrogens with one attached hydrogen (secondary N) is 1. The van der Waals surface area contributed by atoms with Crippen molar-refractivity contribution in [3.8, 4) is 28.8 Å². The zero-order chi connectivity index (χ0) is 44.8. The summed E-state index contributed by atoms with van der Waals surface area (Å²) >= 11 is 0. The van der Waals surface area contributed by atoms with E-state index in [-0.39, 0.29) is 18.2 Å². The Morgan fingerprint density at radius 1 is 0.812 bits per heavy atom. The second-order valence-electron chi connectivity index (χ2n) is 15.9. The van der Waals surface area contributed by atoms with Crippen LogP contribution in [0.2, 0.25) is 0 Å². The number of ether oxygens (including phenoxy) is 9. The molecule has 19 heteroatoms. The Hall–Kier alpha value is -4.78. The SMILES string of the molecule is CC[C@H](Oc1cc(-c2cnc(Nc3cn(C4CCC(N5C[C@@H](C)O[C@@H](C)C5)CC4)nc3OCCCOCCOCCOCCOCCOCCOC)nc2)ccc1C#N)n1cncn1. The molecule has 2 fully saturated rings. The third kappa shape index (κ3) is 15.4. The van der Waals surface area contributed by atoms with E-state index in [1.54, 1.807) is 36.6 Å². The Kier molecular flexibility index (Phi) is 20.4. The summed E-state index contributed by atoms with van der Waals surface area (Å²) in [4.78, 5) is 15.9. The van der Waals surface area contributed by atoms with Gasteiger partial charge in [-0.15, -0.1) is 5.10 Å². The maximum atomic E-state index is 9.80. The molecule has 1 aliphatic heterocycles. The third-order valence-electron chi connectivity index (χ3n) is 11.0. The molecule has 1 saturated carbocycles. The number of anilines is 2. The first kappa shape index (κ1) is 48.7. The van der Waals surface area contributed by atoms with Gasteiger partial charge < -0.3 is 47.9 Å². The molecule has 19 nitrogen and oxygen atoms in total. The molecule has 6 rings (SSSR count). The summed E-state index contributed by atoms with van der Waals surface area (Å²) in [5.74, 6) is 1.33. The van der Waals surface area contributed by atoms with E-state index in [1.807, 2.05) is 29.9 Å². The van der Waals surface area contributed by atoms with Crippen molar-refractivity contribution in [2.45, 2.75) is 89.8 Å². The topological polar surface area (TPSA) is 196 Å². The average molecular weight is 891 g/mol. The second-order valence-corrected chi connectivity index (χ2v) is 15.9. The first-order chi connectivity index (χ1) is 31.4. The minimum Gasteiger partial charge on any atom is -0.475 e. The summed E-state index contributed by atoms with van der Waals surface area (Å²) < 4.78 is 54.9. The van der Waals surface area contributed by atoms with Gasteiger partial charge in [-0.25, -0.2) is 19.6 Å². The van der Waals surface area contributed by atoms with Crippen LogP contribution in [0.15, 0.2) is 49.4 Å². The van der Waals surface area contributed by atoms with E-state index in [4.69, 9.17) is 47.7 Å². The fraction of sp³-hybridized carbons (Fsp3) is 0.644. The molecule has 0 spiro atoms. The Labute approximate surface area is 376 Å². The summed E-state index contributed by atoms with van der Waals surface area (Å²) in [5, 5.41) is 22.3. The van der Waals surface area contributed by atoms with Gasteiger partial charge >= 0.3 is 0 Å². The van der Waals surface area contributed by atoms with Gasteiger partial charge in [0, 0.05) is 63.6 Å². The quantitative estimate of drug-likeness (QED) is 0.0659. The average Bonchev–Trinajstić information content (AvgIpc) is 4.00. The van der Waals surface area contributed by atoms with Crippen molar-refractivity contribution in [3.63, 3.8) is 0 Å². The molecular weight excluding hydrogens is 825 g/mol. The third-order valence-corrected chi connectivity index (χ3v) is 11.0. The molecule has 3 aromatic heterocycles. The summed E-state index contributed by atoms with van der Waals surface area (Å²) in [7, 11) is 1.65. The molecule has 4 aromatic rings. The van der Waals surface area contributed by atoms with Crippen molar-refractivity contribution in [3.05, 3.63) is 55.0 Å². The van der Waals surface area contributed by atoms with E-state index in [2.05, 4.69) is 50.2 Å². The molecule has 4 heterocycles. The lowest BCUT2D eigenvalue weighted by Crippen LogP contribution is -2.51. The van der Waals surface area contributed by atoms with Gasteiger partial charge in [0.1, 0.15) is 30.2 Å². The summed E-state index contributed by atoms with van der Waals surface area (Å²) in [5.41, 5.74) is 2.67. The fourth-order valence-electron chi connectivity index (χ4n) is 7.80. The minimum absolute atomic E-state index is 0.247. The van der Waals surface area contributed by atoms with Crippen LogP contribution in [0.4, 0.5) is 11.6 Å². The number of aromatic nitrogens is 7. The predicted molar refractivity (Wildman–Crippen MR) is 237 cm³/mol. The van der Waals surface area contributed by atoms with Crippen molar-refractivity contribution in [1.29, 1.82) is 5.26 Å². The largest absolute Gasteiger partial charge is 0.475 e. The Morgan fingerprint density at radius 2 is 1.44 bits per heavy atom. The van der Waals surface area contributed by atoms with Gasteiger partial charge in [-0.2, -0.15) is 10.4 Å². The zero-order valence-corrected chi connectivity index (χ0v) is 37.8. The van der Waals surface area contributed by atoms with Crippen LogP contribution in [0.5, 0.6) is 11.6 Å². The number of nitrogens with zero attached hydrogens (tertiary/aromatic N) is 9. The van der Waals surface area contributed by atoms with E-state index >= 15 is 0 Å². The van der Waals surface area contributed by atoms with E-state index in [1.165, 1.54) is 6.33 Å². The van der Waals surface area contributed by atoms with Gasteiger partial charge in [0.05, 0.1) is 103 Å². The molecule has 350 valence electrons. The van der Waals surface area contributed by atoms with Crippen molar-refractivity contribution in [1.82, 2.24) is 39.4 Å². The summed E-state index contributed by atoms with van der Waals surface area (Å²) in [6.07, 6.45) is 14.2. The van der Waals surface area contributed by atoms with Crippen molar-refractivity contribution in [2.75, 3.05) is 105 Å². The highest BCUT2D eigenvalue weighted by Crippen LogP contribution is 2.36. The highest BCUT2D eigenvalue weighted by atomic mass is 16.6. The van der Waals surface area contributed by atoms with Crippen molar-refractivity contribution in [2.24, 2.45) is 0 Å². The standard InChI is InChI=1S/C45H66N10O9/c1-5-43(55-33-47-32-50-55)64-42-25-36(7-8-37(42)26-46)38-27-48-45(49-28-38)51-41-31-54(40-11-9-39(10-12-40)53-29-34(2)63-35(3)30-53)52-44(41)62-14-6-13-57-17-18-59-21-22-61-24-23-60-20-19-58-16-15-56-4/h7-8,25,27-28,31-35,39-40,43H,5-6,9-24,29-30H2,1-4H3,(H,48,49,51)/t34-,35+,39?,40?,43-/m0/s1. The van der Waals surface area contributed by atoms with Gasteiger partial charge in [-0.05, 0) is 57.2 Å². The van der Waals surface area contributed by atoms with Crippen LogP contribution in [-0.2, 0) is 33.2 Å². The van der Waals surface area contributed by atoms with E-state index in [0.717, 1.165) is 49.9 Å². The number of morpholine rings is 1. The molecule has 0 radical (unpaired) electrons. The Balaban J connectivity index is 0.985. The van der Waals surface area contributed by atoms with Crippen LogP contribution in [-0.4, -0.2) is 157 Å². The maximum Gasteiger partial charge on any atom is 0.256 e. The highest BCUT2D eigenvalue weighted by Gasteiger charge is 2.32. The van der Waals surface area contributed by atoms with Crippen molar-refractivity contribution >= 4 is 11.6 Å². The number of hydrogen-bond donors (Lipinski definition) is 1. The van der Waals surface area contributed by atoms with E-state index in [0.29, 0.717) is 127 Å². The van der Waals surface area contributed by atoms with Crippen LogP contribution < -0.4 is 14.8 Å². The fourth-order valence-corrected chi connectivity index (χ4v) is 7.80. The molecule has 0 amide bonds. The molecular formula is C45H66N10O9. The number of methoxy groups -OCH3 is 1. The number of hydrogen-bond acceptors (Lipinski definition) is 17. The first-order valence-electron chi connectivity index (χ1n) is 22.6. The molecule has 1 aliphatic carbocycles. The monoisotopic (exact) mass is 891 g/mol. The first-order valence-corrected chi connectivity index (χ1v) is 22.6. The van der Waals surface area contributed by atoms with Crippen LogP contribution in [0, 0.1) is 11.3 Å².